The number of carbonyl (C=O) groups excluding carboxylic acids is 3. The molecule has 0 saturated carbocycles. The van der Waals surface area contributed by atoms with Crippen LogP contribution in [0.15, 0.2) is 55.0 Å². The van der Waals surface area contributed by atoms with E-state index in [9.17, 15) is 40.7 Å². The molecular weight excluding hydrogens is 552 g/mol. The number of nitrogens with zero attached hydrogens (tertiary/aromatic N) is 4. The van der Waals surface area contributed by atoms with Crippen LogP contribution in [0.2, 0.25) is 0 Å². The molecule has 2 N–H and O–H groups in total. The van der Waals surface area contributed by atoms with Crippen LogP contribution in [0.25, 0.3) is 0 Å². The number of alkyl halides is 6. The third-order valence-corrected chi connectivity index (χ3v) is 5.51. The fourth-order valence-corrected chi connectivity index (χ4v) is 3.69. The van der Waals surface area contributed by atoms with Gasteiger partial charge in [0.1, 0.15) is 17.3 Å². The summed E-state index contributed by atoms with van der Waals surface area (Å²) in [6.07, 6.45) is -10.3. The summed E-state index contributed by atoms with van der Waals surface area (Å²) in [7, 11) is 0. The molecule has 40 heavy (non-hydrogen) atoms. The highest BCUT2D eigenvalue weighted by atomic mass is 19.4. The van der Waals surface area contributed by atoms with Crippen LogP contribution >= 0.6 is 0 Å². The highest BCUT2D eigenvalue weighted by Gasteiger charge is 2.53. The lowest BCUT2D eigenvalue weighted by atomic mass is 10.1. The Morgan fingerprint density at radius 1 is 1.02 bits per heavy atom. The summed E-state index contributed by atoms with van der Waals surface area (Å²) >= 11 is 0. The summed E-state index contributed by atoms with van der Waals surface area (Å²) in [6, 6.07) is 5.82. The van der Waals surface area contributed by atoms with Gasteiger partial charge in [-0.2, -0.15) is 26.3 Å². The normalized spacial score (nSPS) is 15.9. The number of nitrogen functional groups attached to an aromatic ring is 1. The number of anilines is 3. The van der Waals surface area contributed by atoms with Crippen LogP contribution in [0.4, 0.5) is 48.3 Å². The van der Waals surface area contributed by atoms with Gasteiger partial charge in [-0.1, -0.05) is 6.92 Å². The Balaban J connectivity index is 1.75. The molecule has 1 aliphatic rings. The number of nitrogens with two attached hydrogens (primary N) is 1. The van der Waals surface area contributed by atoms with Gasteiger partial charge in [0.25, 0.3) is 12.1 Å². The second-order valence-electron chi connectivity index (χ2n) is 8.18. The van der Waals surface area contributed by atoms with E-state index < -0.39 is 47.7 Å². The molecule has 210 valence electrons. The number of urea groups is 1. The molecule has 2 aromatic heterocycles. The first-order valence-corrected chi connectivity index (χ1v) is 11.2. The molecule has 4 rings (SSSR count). The van der Waals surface area contributed by atoms with Crippen LogP contribution in [-0.2, 0) is 26.9 Å². The monoisotopic (exact) mass is 569 g/mol. The number of benzene rings is 1. The molecule has 1 atom stereocenters. The van der Waals surface area contributed by atoms with E-state index in [0.717, 1.165) is 0 Å². The van der Waals surface area contributed by atoms with Gasteiger partial charge in [0.15, 0.2) is 0 Å². The van der Waals surface area contributed by atoms with Gasteiger partial charge in [0.05, 0.1) is 23.1 Å². The van der Waals surface area contributed by atoms with Crippen molar-refractivity contribution in [1.29, 1.82) is 0 Å². The first-order valence-electron chi connectivity index (χ1n) is 11.2. The minimum absolute atomic E-state index is 0.170. The molecule has 3 heterocycles. The van der Waals surface area contributed by atoms with E-state index in [1.165, 1.54) is 36.5 Å². The van der Waals surface area contributed by atoms with E-state index in [0.29, 0.717) is 34.7 Å². The number of pyridine rings is 2. The van der Waals surface area contributed by atoms with E-state index >= 15 is 0 Å². The number of hydrogen-bond acceptors (Lipinski definition) is 8. The number of carbonyl (C=O) groups is 3. The van der Waals surface area contributed by atoms with E-state index in [1.807, 2.05) is 0 Å². The summed E-state index contributed by atoms with van der Waals surface area (Å²) < 4.78 is 88.7. The Morgan fingerprint density at radius 2 is 1.75 bits per heavy atom. The van der Waals surface area contributed by atoms with Crippen LogP contribution in [-0.4, -0.2) is 40.3 Å². The smallest absolute Gasteiger partial charge is 0.457 e. The average molecular weight is 569 g/mol. The molecule has 0 spiro atoms. The molecule has 1 unspecified atom stereocenters. The van der Waals surface area contributed by atoms with Gasteiger partial charge >= 0.3 is 24.4 Å². The van der Waals surface area contributed by atoms with Crippen LogP contribution in [0, 0.1) is 0 Å². The van der Waals surface area contributed by atoms with Gasteiger partial charge in [-0.05, 0) is 42.3 Å². The molecule has 10 nitrogen and oxygen atoms in total. The Hall–Kier alpha value is -4.89. The van der Waals surface area contributed by atoms with E-state index in [1.54, 1.807) is 6.92 Å². The van der Waals surface area contributed by atoms with Gasteiger partial charge in [-0.25, -0.2) is 24.4 Å². The average Bonchev–Trinajstić information content (AvgIpc) is 3.12. The third-order valence-electron chi connectivity index (χ3n) is 5.51. The van der Waals surface area contributed by atoms with Crippen molar-refractivity contribution in [3.8, 4) is 11.5 Å². The number of rotatable bonds is 6. The number of hydrogen-bond donors (Lipinski definition) is 1. The van der Waals surface area contributed by atoms with Gasteiger partial charge < -0.3 is 15.2 Å². The van der Waals surface area contributed by atoms with Crippen molar-refractivity contribution in [3.63, 3.8) is 0 Å². The van der Waals surface area contributed by atoms with Crippen molar-refractivity contribution in [3.05, 3.63) is 66.1 Å². The van der Waals surface area contributed by atoms with E-state index in [-0.39, 0.29) is 28.6 Å². The first-order chi connectivity index (χ1) is 18.7. The maximum Gasteiger partial charge on any atom is 0.491 e. The van der Waals surface area contributed by atoms with Crippen molar-refractivity contribution in [2.75, 3.05) is 15.5 Å². The molecule has 0 bridgehead atoms. The second-order valence-corrected chi connectivity index (χ2v) is 8.18. The van der Waals surface area contributed by atoms with E-state index in [2.05, 4.69) is 14.7 Å². The van der Waals surface area contributed by atoms with Crippen molar-refractivity contribution in [2.24, 2.45) is 0 Å². The number of ether oxygens (including phenoxy) is 2. The van der Waals surface area contributed by atoms with Crippen LogP contribution in [0.5, 0.6) is 11.5 Å². The summed E-state index contributed by atoms with van der Waals surface area (Å²) in [6.45, 7) is 1.70. The zero-order valence-electron chi connectivity index (χ0n) is 20.2. The summed E-state index contributed by atoms with van der Waals surface area (Å²) in [5.74, 6) is -3.54. The van der Waals surface area contributed by atoms with E-state index in [4.69, 9.17) is 10.5 Å². The molecule has 0 aliphatic carbocycles. The summed E-state index contributed by atoms with van der Waals surface area (Å²) in [4.78, 5) is 45.9. The summed E-state index contributed by atoms with van der Waals surface area (Å²) in [5.41, 5.74) is 3.79. The number of aromatic nitrogens is 2. The largest absolute Gasteiger partial charge is 0.491 e. The highest BCUT2D eigenvalue weighted by molar-refractivity contribution is 6.28. The van der Waals surface area contributed by atoms with Gasteiger partial charge in [0, 0.05) is 18.5 Å². The highest BCUT2D eigenvalue weighted by Crippen LogP contribution is 2.37. The third kappa shape index (κ3) is 5.60. The van der Waals surface area contributed by atoms with Crippen molar-refractivity contribution in [1.82, 2.24) is 9.97 Å². The lowest BCUT2D eigenvalue weighted by Crippen LogP contribution is -2.42. The van der Waals surface area contributed by atoms with Gasteiger partial charge in [0.2, 0.25) is 0 Å². The van der Waals surface area contributed by atoms with Crippen LogP contribution < -0.4 is 20.3 Å². The number of aryl methyl sites for hydroxylation is 1. The molecule has 0 radical (unpaired) electrons. The zero-order valence-corrected chi connectivity index (χ0v) is 20.2. The zero-order chi connectivity index (χ0) is 29.4. The van der Waals surface area contributed by atoms with Crippen molar-refractivity contribution < 1.29 is 50.2 Å². The lowest BCUT2D eigenvalue weighted by Gasteiger charge is -2.22. The predicted octanol–water partition coefficient (Wildman–Crippen LogP) is 4.84. The minimum atomic E-state index is -5.57. The number of imide groups is 1. The molecule has 1 aromatic carbocycles. The molecule has 1 aliphatic heterocycles. The fourth-order valence-electron chi connectivity index (χ4n) is 3.69. The second kappa shape index (κ2) is 10.3. The maximum atomic E-state index is 13.3. The number of amides is 3. The molecule has 1 fully saturated rings. The molecular formula is C24H17F6N5O5. The molecule has 3 aromatic rings. The van der Waals surface area contributed by atoms with Crippen molar-refractivity contribution >= 4 is 35.1 Å². The maximum absolute atomic E-state index is 13.3. The Labute approximate surface area is 220 Å². The predicted molar refractivity (Wildman–Crippen MR) is 125 cm³/mol. The fraction of sp³-hybridized carbons (Fsp3) is 0.208. The molecule has 16 heteroatoms. The Bertz CT molecular complexity index is 1480. The van der Waals surface area contributed by atoms with Gasteiger partial charge in [-0.15, -0.1) is 0 Å². The van der Waals surface area contributed by atoms with Crippen LogP contribution in [0.1, 0.15) is 18.1 Å². The van der Waals surface area contributed by atoms with Crippen LogP contribution in [0.3, 0.4) is 0 Å². The Morgan fingerprint density at radius 3 is 2.38 bits per heavy atom. The van der Waals surface area contributed by atoms with Crippen molar-refractivity contribution in [2.45, 2.75) is 31.9 Å². The summed E-state index contributed by atoms with van der Waals surface area (Å²) in [5, 5.41) is 0. The van der Waals surface area contributed by atoms with Gasteiger partial charge in [-0.3, -0.25) is 9.78 Å². The minimum Gasteiger partial charge on any atom is -0.457 e. The number of halogens is 6. The first kappa shape index (κ1) is 28.1. The Kier molecular flexibility index (Phi) is 7.28. The molecule has 1 saturated heterocycles. The lowest BCUT2D eigenvalue weighted by molar-refractivity contribution is -0.204. The topological polar surface area (TPSA) is 128 Å². The molecule has 3 amide bonds. The SMILES string of the molecule is CCc1cc(N2C(=O)C(OC(=O)C(F)(F)F)N(c3cncc(C(F)(F)F)c3)C2=O)ccc1Oc1ccnc(N)c1. The quantitative estimate of drug-likeness (QED) is 0.254. The number of esters is 1. The standard InChI is InChI=1S/C24H17F6N5O5/c1-2-12-7-14(3-4-17(12)39-16-5-6-33-18(31)9-16)34-19(36)20(40-21(37)24(28,29)30)35(22(34)38)15-8-13(10-32-11-15)23(25,26)27/h3-11,20H,2H2,1H3,(H2,31,33).